The average Bonchev–Trinajstić information content (AvgIpc) is 3.23. The molecule has 0 aliphatic carbocycles. The molecule has 7 nitrogen and oxygen atoms in total. The highest BCUT2D eigenvalue weighted by molar-refractivity contribution is 9.10. The van der Waals surface area contributed by atoms with Gasteiger partial charge in [-0.15, -0.1) is 0 Å². The molecular weight excluding hydrogens is 442 g/mol. The topological polar surface area (TPSA) is 92.5 Å². The van der Waals surface area contributed by atoms with E-state index < -0.39 is 16.1 Å². The van der Waals surface area contributed by atoms with Crippen molar-refractivity contribution < 1.29 is 17.7 Å². The summed E-state index contributed by atoms with van der Waals surface area (Å²) in [4.78, 5) is 14.1. The number of amides is 2. The van der Waals surface area contributed by atoms with Gasteiger partial charge in [-0.1, -0.05) is 23.4 Å². The molecule has 0 saturated carbocycles. The molecule has 10 heteroatoms. The molecule has 2 heterocycles. The van der Waals surface area contributed by atoms with Gasteiger partial charge in [0.05, 0.1) is 16.3 Å². The van der Waals surface area contributed by atoms with Crippen LogP contribution in [0.25, 0.3) is 0 Å². The third-order valence-electron chi connectivity index (χ3n) is 3.56. The van der Waals surface area contributed by atoms with Crippen LogP contribution in [0.15, 0.2) is 55.0 Å². The third-order valence-corrected chi connectivity index (χ3v) is 6.63. The summed E-state index contributed by atoms with van der Waals surface area (Å²) in [6.45, 7) is 3.51. The fourth-order valence-electron chi connectivity index (χ4n) is 2.24. The van der Waals surface area contributed by atoms with Crippen LogP contribution >= 0.6 is 27.3 Å². The Kier molecular flexibility index (Phi) is 5.17. The first-order valence-electron chi connectivity index (χ1n) is 7.38. The number of carbonyl (C=O) groups is 1. The number of nitrogens with zero attached hydrogens (tertiary/aromatic N) is 2. The summed E-state index contributed by atoms with van der Waals surface area (Å²) in [6, 6.07) is 7.61. The van der Waals surface area contributed by atoms with Crippen molar-refractivity contribution >= 4 is 54.9 Å². The number of aryl methyl sites for hydroxylation is 2. The van der Waals surface area contributed by atoms with Crippen LogP contribution in [0.2, 0.25) is 0 Å². The largest absolute Gasteiger partial charge is 0.342 e. The summed E-state index contributed by atoms with van der Waals surface area (Å²) in [5.41, 5.74) is 1.77. The van der Waals surface area contributed by atoms with Gasteiger partial charge < -0.3 is 4.52 Å². The van der Waals surface area contributed by atoms with Crippen LogP contribution in [0.3, 0.4) is 0 Å². The van der Waals surface area contributed by atoms with Crippen molar-refractivity contribution in [2.75, 3.05) is 4.90 Å². The third kappa shape index (κ3) is 3.53. The minimum Gasteiger partial charge on any atom is -0.336 e. The summed E-state index contributed by atoms with van der Waals surface area (Å²) < 4.78 is 32.7. The Morgan fingerprint density at radius 2 is 2.00 bits per heavy atom. The summed E-state index contributed by atoms with van der Waals surface area (Å²) in [5, 5.41) is 6.90. The molecule has 0 aliphatic rings. The minimum absolute atomic E-state index is 0.0217. The Labute approximate surface area is 162 Å². The fourth-order valence-corrected chi connectivity index (χ4v) is 4.52. The number of urea groups is 1. The van der Waals surface area contributed by atoms with E-state index in [9.17, 15) is 13.2 Å². The van der Waals surface area contributed by atoms with Gasteiger partial charge in [0.2, 0.25) is 0 Å². The van der Waals surface area contributed by atoms with Crippen molar-refractivity contribution in [3.63, 3.8) is 0 Å². The maximum absolute atomic E-state index is 12.9. The number of sulfonamides is 1. The molecule has 0 spiro atoms. The second kappa shape index (κ2) is 7.22. The molecule has 1 N–H and O–H groups in total. The molecule has 3 aromatic rings. The minimum atomic E-state index is -4.00. The molecule has 136 valence electrons. The highest BCUT2D eigenvalue weighted by atomic mass is 79.9. The van der Waals surface area contributed by atoms with Crippen molar-refractivity contribution in [1.82, 2.24) is 9.88 Å². The highest BCUT2D eigenvalue weighted by Gasteiger charge is 2.30. The lowest BCUT2D eigenvalue weighted by Gasteiger charge is -2.22. The molecule has 0 bridgehead atoms. The van der Waals surface area contributed by atoms with Crippen LogP contribution in [0, 0.1) is 13.8 Å². The molecule has 1 aromatic carbocycles. The predicted molar refractivity (Wildman–Crippen MR) is 102 cm³/mol. The molecule has 0 radical (unpaired) electrons. The number of rotatable bonds is 4. The second-order valence-corrected chi connectivity index (χ2v) is 8.63. The fraction of sp³-hybridized carbons (Fsp3) is 0.125. The van der Waals surface area contributed by atoms with Gasteiger partial charge in [-0.25, -0.2) is 22.8 Å². The van der Waals surface area contributed by atoms with E-state index in [1.54, 1.807) is 37.4 Å². The maximum atomic E-state index is 12.9. The van der Waals surface area contributed by atoms with E-state index in [-0.39, 0.29) is 10.8 Å². The van der Waals surface area contributed by atoms with Gasteiger partial charge in [-0.3, -0.25) is 0 Å². The molecular formula is C16H14BrN3O4S2. The molecule has 2 aromatic heterocycles. The molecule has 3 rings (SSSR count). The Hall–Kier alpha value is -2.17. The number of aromatic nitrogens is 1. The van der Waals surface area contributed by atoms with Crippen LogP contribution in [-0.4, -0.2) is 19.6 Å². The van der Waals surface area contributed by atoms with Crippen LogP contribution < -0.4 is 9.62 Å². The van der Waals surface area contributed by atoms with E-state index >= 15 is 0 Å². The number of thiophene rings is 1. The molecule has 0 saturated heterocycles. The number of anilines is 2. The summed E-state index contributed by atoms with van der Waals surface area (Å²) >= 11 is 4.56. The number of carbonyl (C=O) groups excluding carboxylic acids is 1. The van der Waals surface area contributed by atoms with Crippen molar-refractivity contribution in [2.45, 2.75) is 18.7 Å². The van der Waals surface area contributed by atoms with E-state index in [4.69, 9.17) is 4.52 Å². The number of hydrogen-bond acceptors (Lipinski definition) is 6. The Morgan fingerprint density at radius 1 is 1.27 bits per heavy atom. The molecule has 0 atom stereocenters. The number of hydrogen-bond donors (Lipinski definition) is 1. The van der Waals surface area contributed by atoms with Gasteiger partial charge >= 0.3 is 6.03 Å². The van der Waals surface area contributed by atoms with Gasteiger partial charge in [0.15, 0.2) is 0 Å². The summed E-state index contributed by atoms with van der Waals surface area (Å²) in [6.07, 6.45) is 0. The van der Waals surface area contributed by atoms with Gasteiger partial charge in [0.25, 0.3) is 15.9 Å². The van der Waals surface area contributed by atoms with E-state index in [2.05, 4.69) is 25.8 Å². The number of benzene rings is 1. The van der Waals surface area contributed by atoms with Crippen molar-refractivity contribution in [2.24, 2.45) is 0 Å². The molecule has 0 aliphatic heterocycles. The van der Waals surface area contributed by atoms with Gasteiger partial charge in [0.1, 0.15) is 4.47 Å². The zero-order chi connectivity index (χ0) is 18.9. The normalized spacial score (nSPS) is 11.3. The predicted octanol–water partition coefficient (Wildman–Crippen LogP) is 4.35. The average molecular weight is 456 g/mol. The van der Waals surface area contributed by atoms with Gasteiger partial charge in [-0.05, 0) is 52.9 Å². The SMILES string of the molecule is Cc1ccccc1N(C(=O)NS(=O)(=O)c1ccsc1)c1onc(C)c1Br. The standard InChI is InChI=1S/C16H14BrN3O4S2/c1-10-5-3-4-6-13(10)20(15-14(17)11(2)18-24-15)16(21)19-26(22,23)12-7-8-25-9-12/h3-9H,1-2H3,(H,19,21). The van der Waals surface area contributed by atoms with E-state index in [0.717, 1.165) is 10.5 Å². The number of halogens is 1. The van der Waals surface area contributed by atoms with Crippen LogP contribution in [-0.2, 0) is 10.0 Å². The van der Waals surface area contributed by atoms with E-state index in [1.807, 2.05) is 6.07 Å². The van der Waals surface area contributed by atoms with Crippen LogP contribution in [0.4, 0.5) is 16.4 Å². The summed E-state index contributed by atoms with van der Waals surface area (Å²) in [7, 11) is -4.00. The van der Waals surface area contributed by atoms with E-state index in [0.29, 0.717) is 15.9 Å². The van der Waals surface area contributed by atoms with Crippen molar-refractivity contribution in [3.8, 4) is 0 Å². The summed E-state index contributed by atoms with van der Waals surface area (Å²) in [5.74, 6) is 0.0924. The Morgan fingerprint density at radius 3 is 2.58 bits per heavy atom. The van der Waals surface area contributed by atoms with Gasteiger partial charge in [-0.2, -0.15) is 11.3 Å². The zero-order valence-electron chi connectivity index (χ0n) is 13.8. The van der Waals surface area contributed by atoms with Crippen molar-refractivity contribution in [1.29, 1.82) is 0 Å². The first kappa shape index (κ1) is 18.6. The lowest BCUT2D eigenvalue weighted by Crippen LogP contribution is -2.40. The Bertz CT molecular complexity index is 1050. The number of para-hydroxylation sites is 1. The van der Waals surface area contributed by atoms with E-state index in [1.165, 1.54) is 22.8 Å². The lowest BCUT2D eigenvalue weighted by molar-refractivity contribution is 0.251. The van der Waals surface area contributed by atoms with Gasteiger partial charge in [0, 0.05) is 5.38 Å². The maximum Gasteiger partial charge on any atom is 0.342 e. The first-order chi connectivity index (χ1) is 12.3. The molecule has 2 amide bonds. The van der Waals surface area contributed by atoms with Crippen LogP contribution in [0.1, 0.15) is 11.3 Å². The van der Waals surface area contributed by atoms with Crippen LogP contribution in [0.5, 0.6) is 0 Å². The monoisotopic (exact) mass is 455 g/mol. The first-order valence-corrected chi connectivity index (χ1v) is 10.6. The quantitative estimate of drug-likeness (QED) is 0.630. The second-order valence-electron chi connectivity index (χ2n) is 5.38. The zero-order valence-corrected chi connectivity index (χ0v) is 17.0. The molecule has 0 unspecified atom stereocenters. The lowest BCUT2D eigenvalue weighted by atomic mass is 10.2. The number of nitrogens with one attached hydrogen (secondary N) is 1. The highest BCUT2D eigenvalue weighted by Crippen LogP contribution is 2.36. The smallest absolute Gasteiger partial charge is 0.336 e. The Balaban J connectivity index is 2.05. The molecule has 0 fully saturated rings. The van der Waals surface area contributed by atoms with Crippen molar-refractivity contribution in [3.05, 3.63) is 56.8 Å². The molecule has 26 heavy (non-hydrogen) atoms.